The van der Waals surface area contributed by atoms with Crippen molar-refractivity contribution in [1.82, 2.24) is 34.6 Å². The van der Waals surface area contributed by atoms with Gasteiger partial charge in [-0.2, -0.15) is 5.10 Å². The lowest BCUT2D eigenvalue weighted by Crippen LogP contribution is -2.46. The summed E-state index contributed by atoms with van der Waals surface area (Å²) in [5.41, 5.74) is 1.76. The molecule has 5 heterocycles. The van der Waals surface area contributed by atoms with Gasteiger partial charge in [0.05, 0.1) is 24.6 Å². The van der Waals surface area contributed by atoms with Crippen LogP contribution >= 0.6 is 0 Å². The zero-order valence-corrected chi connectivity index (χ0v) is 20.9. The SMILES string of the molecule is CCN(CC)C(=O)c1cnn(CCN2C(=O)N(CC3CC3)N3C4=C(c5ccco5)N=CN(N)C4=NC23)c1. The predicted octanol–water partition coefficient (Wildman–Crippen LogP) is 1.60. The smallest absolute Gasteiger partial charge is 0.342 e. The number of fused-ring (bicyclic) bond motifs is 3. The Bertz CT molecular complexity index is 1290. The fourth-order valence-electron chi connectivity index (χ4n) is 4.88. The van der Waals surface area contributed by atoms with Gasteiger partial charge in [0.2, 0.25) is 6.29 Å². The van der Waals surface area contributed by atoms with E-state index in [1.807, 2.05) is 24.9 Å². The Morgan fingerprint density at radius 1 is 1.24 bits per heavy atom. The second-order valence-corrected chi connectivity index (χ2v) is 9.44. The second-order valence-electron chi connectivity index (χ2n) is 9.44. The molecule has 0 spiro atoms. The molecule has 1 aliphatic carbocycles. The molecule has 3 amide bonds. The molecule has 2 aromatic heterocycles. The normalized spacial score (nSPS) is 20.7. The van der Waals surface area contributed by atoms with Crippen molar-refractivity contribution in [3.63, 3.8) is 0 Å². The minimum absolute atomic E-state index is 0.0537. The molecule has 0 aromatic carbocycles. The van der Waals surface area contributed by atoms with Crippen LogP contribution < -0.4 is 5.84 Å². The maximum atomic E-state index is 13.7. The number of nitrogens with zero attached hydrogens (tertiary/aromatic N) is 9. The standard InChI is InChI=1S/C24H30N10O3/c1-3-29(4-2)22(35)17-12-27-30(14-17)9-10-31-23-28-21-20(34(23)33(24(31)36)13-16-7-8-16)19(26-15-32(21)25)18-6-5-11-37-18/h5-6,11-12,14-16,23H,3-4,7-10,13,25H2,1-2H3. The van der Waals surface area contributed by atoms with Gasteiger partial charge in [-0.25, -0.2) is 35.6 Å². The van der Waals surface area contributed by atoms with Crippen LogP contribution in [-0.2, 0) is 6.54 Å². The molecule has 37 heavy (non-hydrogen) atoms. The van der Waals surface area contributed by atoms with Crippen LogP contribution in [0.3, 0.4) is 0 Å². The third-order valence-corrected chi connectivity index (χ3v) is 7.07. The van der Waals surface area contributed by atoms with Crippen LogP contribution in [0, 0.1) is 5.92 Å². The van der Waals surface area contributed by atoms with E-state index in [-0.39, 0.29) is 11.9 Å². The fraction of sp³-hybridized carbons (Fsp3) is 0.458. The van der Waals surface area contributed by atoms with E-state index >= 15 is 0 Å². The van der Waals surface area contributed by atoms with Gasteiger partial charge in [-0.3, -0.25) is 14.4 Å². The van der Waals surface area contributed by atoms with Gasteiger partial charge in [-0.15, -0.1) is 0 Å². The third kappa shape index (κ3) is 3.95. The molecule has 3 aliphatic heterocycles. The first-order chi connectivity index (χ1) is 18.0. The Labute approximate surface area is 214 Å². The first kappa shape index (κ1) is 23.3. The second kappa shape index (κ2) is 9.07. The van der Waals surface area contributed by atoms with Crippen molar-refractivity contribution in [1.29, 1.82) is 0 Å². The number of hydrazine groups is 2. The number of rotatable bonds is 9. The van der Waals surface area contributed by atoms with Crippen molar-refractivity contribution in [2.45, 2.75) is 39.5 Å². The Balaban J connectivity index is 1.28. The topological polar surface area (TPSA) is 132 Å². The van der Waals surface area contributed by atoms with E-state index in [4.69, 9.17) is 15.3 Å². The lowest BCUT2D eigenvalue weighted by atomic mass is 10.2. The molecule has 2 fully saturated rings. The highest BCUT2D eigenvalue weighted by Crippen LogP contribution is 2.41. The highest BCUT2D eigenvalue weighted by atomic mass is 16.3. The number of hydrogen-bond donors (Lipinski definition) is 1. The number of hydrogen-bond acceptors (Lipinski definition) is 9. The highest BCUT2D eigenvalue weighted by molar-refractivity contribution is 6.13. The van der Waals surface area contributed by atoms with Crippen LogP contribution in [0.5, 0.6) is 0 Å². The Kier molecular flexibility index (Phi) is 5.71. The van der Waals surface area contributed by atoms with E-state index < -0.39 is 6.29 Å². The number of carbonyl (C=O) groups is 2. The number of amides is 3. The molecule has 1 atom stereocenters. The van der Waals surface area contributed by atoms with Crippen LogP contribution in [0.1, 0.15) is 42.8 Å². The molecule has 1 saturated carbocycles. The van der Waals surface area contributed by atoms with E-state index in [1.54, 1.807) is 44.2 Å². The van der Waals surface area contributed by atoms with E-state index in [1.165, 1.54) is 11.3 Å². The summed E-state index contributed by atoms with van der Waals surface area (Å²) in [6.07, 6.45) is 7.99. The van der Waals surface area contributed by atoms with Crippen molar-refractivity contribution < 1.29 is 14.0 Å². The van der Waals surface area contributed by atoms with Crippen molar-refractivity contribution in [2.24, 2.45) is 21.7 Å². The van der Waals surface area contributed by atoms with Crippen molar-refractivity contribution in [3.8, 4) is 0 Å². The summed E-state index contributed by atoms with van der Waals surface area (Å²) in [5.74, 6) is 7.72. The van der Waals surface area contributed by atoms with Gasteiger partial charge in [0, 0.05) is 32.4 Å². The molecular formula is C24H30N10O3. The van der Waals surface area contributed by atoms with Gasteiger partial charge in [-0.05, 0) is 44.7 Å². The van der Waals surface area contributed by atoms with Crippen molar-refractivity contribution >= 4 is 29.8 Å². The van der Waals surface area contributed by atoms with Crippen LogP contribution in [0.2, 0.25) is 0 Å². The van der Waals surface area contributed by atoms with Gasteiger partial charge in [-0.1, -0.05) is 0 Å². The molecule has 194 valence electrons. The molecule has 2 aromatic rings. The number of amidine groups is 1. The van der Waals surface area contributed by atoms with Crippen LogP contribution in [-0.4, -0.2) is 91.2 Å². The van der Waals surface area contributed by atoms with Gasteiger partial charge < -0.3 is 9.32 Å². The summed E-state index contributed by atoms with van der Waals surface area (Å²) in [4.78, 5) is 39.1. The van der Waals surface area contributed by atoms with Crippen molar-refractivity contribution in [2.75, 3.05) is 26.2 Å². The zero-order chi connectivity index (χ0) is 25.7. The minimum Gasteiger partial charge on any atom is -0.463 e. The first-order valence-corrected chi connectivity index (χ1v) is 12.6. The Hall–Kier alpha value is -4.13. The summed E-state index contributed by atoms with van der Waals surface area (Å²) < 4.78 is 7.33. The van der Waals surface area contributed by atoms with Gasteiger partial charge in [0.25, 0.3) is 5.91 Å². The summed E-state index contributed by atoms with van der Waals surface area (Å²) in [7, 11) is 0. The van der Waals surface area contributed by atoms with E-state index in [2.05, 4.69) is 10.1 Å². The number of aliphatic imine (C=N–C) groups is 2. The monoisotopic (exact) mass is 506 g/mol. The van der Waals surface area contributed by atoms with Gasteiger partial charge in [0.1, 0.15) is 17.7 Å². The van der Waals surface area contributed by atoms with E-state index in [9.17, 15) is 9.59 Å². The largest absolute Gasteiger partial charge is 0.463 e. The third-order valence-electron chi connectivity index (χ3n) is 7.07. The quantitative estimate of drug-likeness (QED) is 0.511. The molecule has 13 heteroatoms. The lowest BCUT2D eigenvalue weighted by molar-refractivity contribution is 0.0590. The van der Waals surface area contributed by atoms with Gasteiger partial charge in [0.15, 0.2) is 11.6 Å². The average Bonchev–Trinajstić information content (AvgIpc) is 3.28. The zero-order valence-electron chi connectivity index (χ0n) is 20.9. The molecule has 1 unspecified atom stereocenters. The number of furan rings is 1. The van der Waals surface area contributed by atoms with Crippen molar-refractivity contribution in [3.05, 3.63) is 47.8 Å². The maximum absolute atomic E-state index is 13.7. The van der Waals surface area contributed by atoms with E-state index in [0.717, 1.165) is 12.8 Å². The maximum Gasteiger partial charge on any atom is 0.342 e. The first-order valence-electron chi connectivity index (χ1n) is 12.6. The lowest BCUT2D eigenvalue weighted by Gasteiger charge is -2.30. The van der Waals surface area contributed by atoms with Gasteiger partial charge >= 0.3 is 6.03 Å². The molecule has 6 rings (SSSR count). The summed E-state index contributed by atoms with van der Waals surface area (Å²) in [6, 6.07) is 3.49. The summed E-state index contributed by atoms with van der Waals surface area (Å²) in [5, 5.41) is 9.38. The molecular weight excluding hydrogens is 476 g/mol. The minimum atomic E-state index is -0.596. The average molecular weight is 507 g/mol. The molecule has 0 bridgehead atoms. The van der Waals surface area contributed by atoms with Crippen LogP contribution in [0.4, 0.5) is 4.79 Å². The number of aromatic nitrogens is 2. The molecule has 0 radical (unpaired) electrons. The summed E-state index contributed by atoms with van der Waals surface area (Å²) >= 11 is 0. The summed E-state index contributed by atoms with van der Waals surface area (Å²) in [6.45, 7) is 6.53. The molecule has 4 aliphatic rings. The number of nitrogens with two attached hydrogens (primary N) is 1. The van der Waals surface area contributed by atoms with Crippen LogP contribution in [0.25, 0.3) is 5.70 Å². The van der Waals surface area contributed by atoms with Crippen LogP contribution in [0.15, 0.2) is 50.9 Å². The fourth-order valence-corrected chi connectivity index (χ4v) is 4.88. The van der Waals surface area contributed by atoms with E-state index in [0.29, 0.717) is 67.2 Å². The number of urea groups is 1. The molecule has 2 N–H and O–H groups in total. The number of carbonyl (C=O) groups excluding carboxylic acids is 2. The highest BCUT2D eigenvalue weighted by Gasteiger charge is 2.53. The Morgan fingerprint density at radius 2 is 2.05 bits per heavy atom. The molecule has 13 nitrogen and oxygen atoms in total. The predicted molar refractivity (Wildman–Crippen MR) is 134 cm³/mol. The Morgan fingerprint density at radius 3 is 2.76 bits per heavy atom. The molecule has 1 saturated heterocycles.